The van der Waals surface area contributed by atoms with Crippen molar-refractivity contribution in [2.75, 3.05) is 0 Å². The van der Waals surface area contributed by atoms with E-state index in [0.717, 1.165) is 0 Å². The van der Waals surface area contributed by atoms with Gasteiger partial charge in [-0.1, -0.05) is 34.8 Å². The van der Waals surface area contributed by atoms with Gasteiger partial charge in [0.2, 0.25) is 0 Å². The van der Waals surface area contributed by atoms with Crippen molar-refractivity contribution in [1.82, 2.24) is 0 Å². The van der Waals surface area contributed by atoms with Crippen LogP contribution in [0.4, 0.5) is 0 Å². The number of hydrogen-bond donors (Lipinski definition) is 2. The van der Waals surface area contributed by atoms with Crippen LogP contribution in [0.1, 0.15) is 10.4 Å². The first kappa shape index (κ1) is 13.9. The molecule has 8 heteroatoms. The summed E-state index contributed by atoms with van der Waals surface area (Å²) in [6.07, 6.45) is 0. The Labute approximate surface area is 99.6 Å². The number of carboxylic acids is 1. The lowest BCUT2D eigenvalue weighted by Crippen LogP contribution is -1.95. The highest BCUT2D eigenvalue weighted by Gasteiger charge is 2.09. The zero-order chi connectivity index (χ0) is 12.0. The third-order valence-electron chi connectivity index (χ3n) is 1.23. The molecule has 0 saturated carbocycles. The SMILES string of the molecule is O=C(O)c1cc(Cl)c(Cl)c(Cl)c1.[N-]=[N+]=N. The average Bonchev–Trinajstić information content (AvgIpc) is 2.14. The summed E-state index contributed by atoms with van der Waals surface area (Å²) in [6, 6.07) is 2.50. The molecule has 0 unspecified atom stereocenters. The highest BCUT2D eigenvalue weighted by atomic mass is 35.5. The molecule has 0 atom stereocenters. The molecule has 0 aromatic heterocycles. The number of nitrogens with zero attached hydrogens (tertiary/aromatic N) is 2. The molecule has 0 spiro atoms. The van der Waals surface area contributed by atoms with Gasteiger partial charge in [-0.05, 0) is 22.6 Å². The van der Waals surface area contributed by atoms with Crippen LogP contribution < -0.4 is 0 Å². The number of nitrogens with one attached hydrogen (secondary N) is 1. The van der Waals surface area contributed by atoms with Crippen LogP contribution in [0.2, 0.25) is 15.1 Å². The Morgan fingerprint density at radius 1 is 1.33 bits per heavy atom. The first-order valence-corrected chi connectivity index (χ1v) is 4.46. The zero-order valence-corrected chi connectivity index (χ0v) is 9.31. The fourth-order valence-electron chi connectivity index (χ4n) is 0.679. The second-order valence-corrected chi connectivity index (χ2v) is 3.35. The zero-order valence-electron chi connectivity index (χ0n) is 7.04. The van der Waals surface area contributed by atoms with Crippen molar-refractivity contribution in [3.8, 4) is 0 Å². The van der Waals surface area contributed by atoms with Crippen LogP contribution in [-0.4, -0.2) is 11.1 Å². The normalized spacial score (nSPS) is 8.47. The van der Waals surface area contributed by atoms with Gasteiger partial charge in [0.05, 0.1) is 20.6 Å². The van der Waals surface area contributed by atoms with E-state index in [1.807, 2.05) is 0 Å². The van der Waals surface area contributed by atoms with Crippen molar-refractivity contribution in [3.63, 3.8) is 0 Å². The Morgan fingerprint density at radius 3 is 1.93 bits per heavy atom. The first-order valence-electron chi connectivity index (χ1n) is 3.32. The molecule has 80 valence electrons. The molecule has 0 radical (unpaired) electrons. The smallest absolute Gasteiger partial charge is 0.335 e. The quantitative estimate of drug-likeness (QED) is 0.345. The molecule has 0 aliphatic rings. The molecule has 2 N–H and O–H groups in total. The largest absolute Gasteiger partial charge is 0.478 e. The second kappa shape index (κ2) is 6.37. The van der Waals surface area contributed by atoms with Gasteiger partial charge in [-0.2, -0.15) is 0 Å². The van der Waals surface area contributed by atoms with Gasteiger partial charge in [-0.25, -0.2) is 4.79 Å². The van der Waals surface area contributed by atoms with Crippen LogP contribution in [-0.2, 0) is 0 Å². The van der Waals surface area contributed by atoms with Crippen molar-refractivity contribution in [2.24, 2.45) is 0 Å². The van der Waals surface area contributed by atoms with E-state index in [9.17, 15) is 4.79 Å². The highest BCUT2D eigenvalue weighted by molar-refractivity contribution is 6.48. The lowest BCUT2D eigenvalue weighted by atomic mass is 10.2. The summed E-state index contributed by atoms with van der Waals surface area (Å²) in [6.45, 7) is 0. The summed E-state index contributed by atoms with van der Waals surface area (Å²) < 4.78 is 0. The summed E-state index contributed by atoms with van der Waals surface area (Å²) in [5.41, 5.74) is 12.3. The molecule has 5 nitrogen and oxygen atoms in total. The number of rotatable bonds is 1. The number of benzene rings is 1. The number of hydrogen-bond acceptors (Lipinski definition) is 2. The molecule has 0 fully saturated rings. The van der Waals surface area contributed by atoms with Crippen molar-refractivity contribution in [1.29, 1.82) is 5.53 Å². The third-order valence-corrected chi connectivity index (χ3v) is 2.43. The van der Waals surface area contributed by atoms with Crippen LogP contribution >= 0.6 is 34.8 Å². The average molecular weight is 268 g/mol. The Hall–Kier alpha value is -1.13. The van der Waals surface area contributed by atoms with Crippen LogP contribution in [0.15, 0.2) is 12.1 Å². The summed E-state index contributed by atoms with van der Waals surface area (Å²) in [5.74, 6) is -1.09. The van der Waals surface area contributed by atoms with Crippen LogP contribution in [0.3, 0.4) is 0 Å². The van der Waals surface area contributed by atoms with Gasteiger partial charge >= 0.3 is 5.97 Å². The lowest BCUT2D eigenvalue weighted by Gasteiger charge is -2.00. The summed E-state index contributed by atoms with van der Waals surface area (Å²) >= 11 is 16.8. The predicted molar refractivity (Wildman–Crippen MR) is 57.9 cm³/mol. The molecule has 0 saturated heterocycles. The maximum absolute atomic E-state index is 10.5. The molecule has 1 aromatic carbocycles. The van der Waals surface area contributed by atoms with Gasteiger partial charge in [0, 0.05) is 0 Å². The minimum atomic E-state index is -1.09. The molecule has 0 amide bonds. The molecule has 0 aliphatic heterocycles. The molecule has 0 heterocycles. The van der Waals surface area contributed by atoms with Crippen molar-refractivity contribution in [3.05, 3.63) is 43.2 Å². The van der Waals surface area contributed by atoms with E-state index in [1.54, 1.807) is 4.91 Å². The van der Waals surface area contributed by atoms with Crippen LogP contribution in [0.25, 0.3) is 10.4 Å². The van der Waals surface area contributed by atoms with E-state index in [0.29, 0.717) is 0 Å². The predicted octanol–water partition coefficient (Wildman–Crippen LogP) is 4.22. The molecule has 0 aliphatic carbocycles. The maximum atomic E-state index is 10.5. The molecule has 1 rings (SSSR count). The van der Waals surface area contributed by atoms with Gasteiger partial charge in [-0.3, -0.25) is 0 Å². The van der Waals surface area contributed by atoms with Gasteiger partial charge in [-0.15, -0.1) is 5.53 Å². The van der Waals surface area contributed by atoms with E-state index in [2.05, 4.69) is 0 Å². The maximum Gasteiger partial charge on any atom is 0.335 e. The van der Waals surface area contributed by atoms with E-state index >= 15 is 0 Å². The second-order valence-electron chi connectivity index (χ2n) is 2.16. The Kier molecular flexibility index (Phi) is 5.89. The summed E-state index contributed by atoms with van der Waals surface area (Å²) in [4.78, 5) is 12.2. The standard InChI is InChI=1S/C7H3Cl3O2.HN3/c8-4-1-3(7(11)12)2-5(9)6(4)10;1-3-2/h1-2H,(H,11,12);1H. The molecule has 1 aromatic rings. The van der Waals surface area contributed by atoms with Gasteiger partial charge in [0.25, 0.3) is 0 Å². The van der Waals surface area contributed by atoms with E-state index in [4.69, 9.17) is 51.0 Å². The Morgan fingerprint density at radius 2 is 1.67 bits per heavy atom. The fourth-order valence-corrected chi connectivity index (χ4v) is 1.28. The topological polar surface area (TPSA) is 97.5 Å². The molecular weight excluding hydrogens is 264 g/mol. The number of aromatic carboxylic acids is 1. The molecule has 0 bridgehead atoms. The lowest BCUT2D eigenvalue weighted by molar-refractivity contribution is 0.0697. The van der Waals surface area contributed by atoms with Crippen LogP contribution in [0.5, 0.6) is 0 Å². The monoisotopic (exact) mass is 267 g/mol. The van der Waals surface area contributed by atoms with Gasteiger partial charge in [0.15, 0.2) is 0 Å². The van der Waals surface area contributed by atoms with Gasteiger partial charge in [0.1, 0.15) is 0 Å². The minimum absolute atomic E-state index is 0.0226. The van der Waals surface area contributed by atoms with E-state index in [-0.39, 0.29) is 20.6 Å². The van der Waals surface area contributed by atoms with E-state index in [1.165, 1.54) is 12.1 Å². The summed E-state index contributed by atoms with van der Waals surface area (Å²) in [7, 11) is 0. The number of halogens is 3. The Balaban J connectivity index is 0.000000583. The van der Waals surface area contributed by atoms with Crippen molar-refractivity contribution >= 4 is 40.8 Å². The van der Waals surface area contributed by atoms with E-state index < -0.39 is 5.97 Å². The molecular formula is C7H4Cl3N3O2. The van der Waals surface area contributed by atoms with Gasteiger partial charge < -0.3 is 5.11 Å². The highest BCUT2D eigenvalue weighted by Crippen LogP contribution is 2.30. The van der Waals surface area contributed by atoms with Crippen LogP contribution in [0, 0.1) is 5.53 Å². The third kappa shape index (κ3) is 4.27. The fraction of sp³-hybridized carbons (Fsp3) is 0. The number of carboxylic acid groups (broad SMARTS) is 1. The van der Waals surface area contributed by atoms with Crippen molar-refractivity contribution in [2.45, 2.75) is 0 Å². The Bertz CT molecular complexity index is 393. The van der Waals surface area contributed by atoms with Crippen molar-refractivity contribution < 1.29 is 9.90 Å². The number of carbonyl (C=O) groups is 1. The summed E-state index contributed by atoms with van der Waals surface area (Å²) in [5, 5.41) is 9.01. The minimum Gasteiger partial charge on any atom is -0.478 e. The first-order chi connectivity index (χ1) is 6.93. The molecule has 15 heavy (non-hydrogen) atoms.